The fourth-order valence-corrected chi connectivity index (χ4v) is 2.68. The van der Waals surface area contributed by atoms with E-state index in [-0.39, 0.29) is 0 Å². The Hall–Kier alpha value is -0.790. The van der Waals surface area contributed by atoms with Gasteiger partial charge in [-0.1, -0.05) is 27.2 Å². The standard InChI is InChI=1S/C12H20N2/c1-4-10-5-11-6-13-8-14(11)7-12(10)9(2)3/h6,8-10,12H,4-5,7H2,1-3H3. The van der Waals surface area contributed by atoms with Gasteiger partial charge in [0.1, 0.15) is 0 Å². The number of nitrogens with zero attached hydrogens (tertiary/aromatic N) is 2. The van der Waals surface area contributed by atoms with Crippen LogP contribution in [0.2, 0.25) is 0 Å². The fraction of sp³-hybridized carbons (Fsp3) is 0.750. The quantitative estimate of drug-likeness (QED) is 0.704. The molecule has 1 aliphatic rings. The third kappa shape index (κ3) is 1.58. The van der Waals surface area contributed by atoms with Gasteiger partial charge in [-0.3, -0.25) is 0 Å². The average Bonchev–Trinajstić information content (AvgIpc) is 2.62. The van der Waals surface area contributed by atoms with Crippen LogP contribution in [0, 0.1) is 17.8 Å². The predicted octanol–water partition coefficient (Wildman–Crippen LogP) is 2.74. The maximum absolute atomic E-state index is 4.23. The normalized spacial score (nSPS) is 26.6. The number of rotatable bonds is 2. The summed E-state index contributed by atoms with van der Waals surface area (Å²) >= 11 is 0. The lowest BCUT2D eigenvalue weighted by atomic mass is 9.77. The Kier molecular flexibility index (Phi) is 2.62. The number of hydrogen-bond donors (Lipinski definition) is 0. The summed E-state index contributed by atoms with van der Waals surface area (Å²) in [4.78, 5) is 4.23. The molecule has 2 nitrogen and oxygen atoms in total. The number of hydrogen-bond acceptors (Lipinski definition) is 1. The number of fused-ring (bicyclic) bond motifs is 1. The maximum Gasteiger partial charge on any atom is 0.0948 e. The lowest BCUT2D eigenvalue weighted by Gasteiger charge is -2.34. The van der Waals surface area contributed by atoms with Crippen LogP contribution in [0.3, 0.4) is 0 Å². The van der Waals surface area contributed by atoms with E-state index < -0.39 is 0 Å². The van der Waals surface area contributed by atoms with Crippen molar-refractivity contribution in [3.8, 4) is 0 Å². The van der Waals surface area contributed by atoms with Crippen molar-refractivity contribution in [1.29, 1.82) is 0 Å². The largest absolute Gasteiger partial charge is 0.334 e. The van der Waals surface area contributed by atoms with E-state index in [2.05, 4.69) is 30.3 Å². The van der Waals surface area contributed by atoms with Crippen LogP contribution in [0.5, 0.6) is 0 Å². The summed E-state index contributed by atoms with van der Waals surface area (Å²) in [5, 5.41) is 0. The molecule has 2 atom stereocenters. The molecule has 0 spiro atoms. The molecule has 0 saturated heterocycles. The Labute approximate surface area is 86.3 Å². The zero-order chi connectivity index (χ0) is 10.1. The first-order valence-electron chi connectivity index (χ1n) is 5.71. The molecular formula is C12H20N2. The smallest absolute Gasteiger partial charge is 0.0948 e. The van der Waals surface area contributed by atoms with E-state index in [0.29, 0.717) is 0 Å². The molecule has 1 aromatic heterocycles. The highest BCUT2D eigenvalue weighted by molar-refractivity contribution is 5.04. The van der Waals surface area contributed by atoms with Crippen molar-refractivity contribution >= 4 is 0 Å². The zero-order valence-electron chi connectivity index (χ0n) is 9.40. The molecule has 0 aliphatic carbocycles. The van der Waals surface area contributed by atoms with E-state index >= 15 is 0 Å². The first-order chi connectivity index (χ1) is 6.72. The Bertz CT molecular complexity index is 301. The lowest BCUT2D eigenvalue weighted by Crippen LogP contribution is -2.31. The SMILES string of the molecule is CCC1Cc2cncn2CC1C(C)C. The van der Waals surface area contributed by atoms with Crippen LogP contribution in [0.4, 0.5) is 0 Å². The van der Waals surface area contributed by atoms with Crippen molar-refractivity contribution in [1.82, 2.24) is 9.55 Å². The minimum atomic E-state index is 0.787. The maximum atomic E-state index is 4.23. The second kappa shape index (κ2) is 3.76. The van der Waals surface area contributed by atoms with E-state index in [1.165, 1.54) is 25.1 Å². The van der Waals surface area contributed by atoms with Gasteiger partial charge < -0.3 is 4.57 Å². The summed E-state index contributed by atoms with van der Waals surface area (Å²) < 4.78 is 2.33. The molecule has 2 rings (SSSR count). The van der Waals surface area contributed by atoms with Crippen LogP contribution in [-0.2, 0) is 13.0 Å². The Morgan fingerprint density at radius 3 is 3.00 bits per heavy atom. The van der Waals surface area contributed by atoms with Crippen molar-refractivity contribution < 1.29 is 0 Å². The van der Waals surface area contributed by atoms with Crippen molar-refractivity contribution in [3.63, 3.8) is 0 Å². The van der Waals surface area contributed by atoms with E-state index in [1.54, 1.807) is 0 Å². The molecule has 1 aromatic rings. The van der Waals surface area contributed by atoms with Gasteiger partial charge in [0, 0.05) is 18.4 Å². The van der Waals surface area contributed by atoms with Crippen molar-refractivity contribution in [3.05, 3.63) is 18.2 Å². The first-order valence-corrected chi connectivity index (χ1v) is 5.71. The Morgan fingerprint density at radius 1 is 1.57 bits per heavy atom. The second-order valence-corrected chi connectivity index (χ2v) is 4.82. The summed E-state index contributed by atoms with van der Waals surface area (Å²) in [6, 6.07) is 0. The predicted molar refractivity (Wildman–Crippen MR) is 58.0 cm³/mol. The summed E-state index contributed by atoms with van der Waals surface area (Å²) in [6.07, 6.45) is 6.53. The van der Waals surface area contributed by atoms with E-state index in [1.807, 2.05) is 12.5 Å². The van der Waals surface area contributed by atoms with E-state index in [9.17, 15) is 0 Å². The molecule has 0 bridgehead atoms. The monoisotopic (exact) mass is 192 g/mol. The molecule has 1 aliphatic heterocycles. The molecule has 2 heterocycles. The third-order valence-electron chi connectivity index (χ3n) is 3.66. The van der Waals surface area contributed by atoms with Gasteiger partial charge in [-0.2, -0.15) is 0 Å². The van der Waals surface area contributed by atoms with Crippen LogP contribution < -0.4 is 0 Å². The number of imidazole rings is 1. The van der Waals surface area contributed by atoms with E-state index in [0.717, 1.165) is 17.8 Å². The van der Waals surface area contributed by atoms with Gasteiger partial charge in [0.15, 0.2) is 0 Å². The Morgan fingerprint density at radius 2 is 2.36 bits per heavy atom. The second-order valence-electron chi connectivity index (χ2n) is 4.82. The van der Waals surface area contributed by atoms with Gasteiger partial charge in [0.05, 0.1) is 6.33 Å². The first kappa shape index (κ1) is 9.75. The van der Waals surface area contributed by atoms with Crippen LogP contribution >= 0.6 is 0 Å². The van der Waals surface area contributed by atoms with Gasteiger partial charge in [-0.15, -0.1) is 0 Å². The highest BCUT2D eigenvalue weighted by atomic mass is 15.1. The van der Waals surface area contributed by atoms with Crippen molar-refractivity contribution in [2.45, 2.75) is 40.2 Å². The van der Waals surface area contributed by atoms with E-state index in [4.69, 9.17) is 0 Å². The highest BCUT2D eigenvalue weighted by Crippen LogP contribution is 2.32. The van der Waals surface area contributed by atoms with Gasteiger partial charge in [0.2, 0.25) is 0 Å². The van der Waals surface area contributed by atoms with Crippen LogP contribution in [0.25, 0.3) is 0 Å². The molecule has 78 valence electrons. The van der Waals surface area contributed by atoms with Crippen LogP contribution in [-0.4, -0.2) is 9.55 Å². The summed E-state index contributed by atoms with van der Waals surface area (Å²) in [5.74, 6) is 2.48. The molecule has 14 heavy (non-hydrogen) atoms. The molecular weight excluding hydrogens is 172 g/mol. The molecule has 0 fully saturated rings. The average molecular weight is 192 g/mol. The summed E-state index contributed by atoms with van der Waals surface area (Å²) in [6.45, 7) is 8.17. The highest BCUT2D eigenvalue weighted by Gasteiger charge is 2.29. The van der Waals surface area contributed by atoms with Crippen molar-refractivity contribution in [2.24, 2.45) is 17.8 Å². The third-order valence-corrected chi connectivity index (χ3v) is 3.66. The van der Waals surface area contributed by atoms with Gasteiger partial charge in [0.25, 0.3) is 0 Å². The lowest BCUT2D eigenvalue weighted by molar-refractivity contribution is 0.186. The summed E-state index contributed by atoms with van der Waals surface area (Å²) in [7, 11) is 0. The van der Waals surface area contributed by atoms with Gasteiger partial charge in [-0.05, 0) is 24.2 Å². The minimum Gasteiger partial charge on any atom is -0.334 e. The molecule has 0 radical (unpaired) electrons. The molecule has 0 saturated carbocycles. The van der Waals surface area contributed by atoms with Crippen LogP contribution in [0.15, 0.2) is 12.5 Å². The fourth-order valence-electron chi connectivity index (χ4n) is 2.68. The molecule has 2 unspecified atom stereocenters. The van der Waals surface area contributed by atoms with Gasteiger partial charge >= 0.3 is 0 Å². The minimum absolute atomic E-state index is 0.787. The van der Waals surface area contributed by atoms with Crippen molar-refractivity contribution in [2.75, 3.05) is 0 Å². The molecule has 2 heteroatoms. The van der Waals surface area contributed by atoms with Gasteiger partial charge in [-0.25, -0.2) is 4.98 Å². The zero-order valence-corrected chi connectivity index (χ0v) is 9.40. The molecule has 0 aromatic carbocycles. The summed E-state index contributed by atoms with van der Waals surface area (Å²) in [5.41, 5.74) is 1.42. The number of aromatic nitrogens is 2. The Balaban J connectivity index is 2.22. The van der Waals surface area contributed by atoms with Crippen LogP contribution in [0.1, 0.15) is 32.9 Å². The molecule has 0 amide bonds. The molecule has 0 N–H and O–H groups in total. The topological polar surface area (TPSA) is 17.8 Å².